The summed E-state index contributed by atoms with van der Waals surface area (Å²) in [7, 11) is 0. The highest BCUT2D eigenvalue weighted by Gasteiger charge is 2.46. The van der Waals surface area contributed by atoms with Crippen molar-refractivity contribution in [1.29, 1.82) is 0 Å². The molecule has 0 aromatic heterocycles. The summed E-state index contributed by atoms with van der Waals surface area (Å²) in [4.78, 5) is 14.5. The first-order chi connectivity index (χ1) is 9.37. The summed E-state index contributed by atoms with van der Waals surface area (Å²) in [5, 5.41) is 20.0. The van der Waals surface area contributed by atoms with Crippen LogP contribution in [0.3, 0.4) is 0 Å². The normalized spacial score (nSPS) is 27.1. The molecule has 0 saturated carbocycles. The second kappa shape index (κ2) is 5.84. The maximum absolute atomic E-state index is 12.1. The second-order valence-electron chi connectivity index (χ2n) is 6.16. The molecule has 5 nitrogen and oxygen atoms in total. The van der Waals surface area contributed by atoms with Crippen LogP contribution < -0.4 is 0 Å². The predicted molar refractivity (Wildman–Crippen MR) is 75.1 cm³/mol. The maximum atomic E-state index is 12.1. The van der Waals surface area contributed by atoms with Gasteiger partial charge in [0.15, 0.2) is 5.60 Å². The molecule has 5 heteroatoms. The van der Waals surface area contributed by atoms with Crippen molar-refractivity contribution in [2.24, 2.45) is 5.92 Å². The van der Waals surface area contributed by atoms with Crippen molar-refractivity contribution in [3.63, 3.8) is 0 Å². The smallest absolute Gasteiger partial charge is 0.341 e. The number of aliphatic hydroxyl groups is 2. The number of esters is 1. The Morgan fingerprint density at radius 2 is 2.25 bits per heavy atom. The zero-order valence-electron chi connectivity index (χ0n) is 12.5. The lowest BCUT2D eigenvalue weighted by molar-refractivity contribution is -0.183. The Labute approximate surface area is 120 Å². The Morgan fingerprint density at radius 1 is 1.55 bits per heavy atom. The molecule has 3 atom stereocenters. The number of ether oxygens (including phenoxy) is 1. The SMILES string of the molecule is CC(C)C(O)(C(=O)OCC1=CCN2CCC[C@H]12)[C@H](C)O. The highest BCUT2D eigenvalue weighted by atomic mass is 16.6. The zero-order valence-corrected chi connectivity index (χ0v) is 12.5. The zero-order chi connectivity index (χ0) is 14.9. The largest absolute Gasteiger partial charge is 0.459 e. The molecule has 0 aromatic rings. The van der Waals surface area contributed by atoms with E-state index < -0.39 is 23.6 Å². The number of hydrogen-bond acceptors (Lipinski definition) is 5. The lowest BCUT2D eigenvalue weighted by Gasteiger charge is -2.32. The molecule has 0 aliphatic carbocycles. The van der Waals surface area contributed by atoms with E-state index in [4.69, 9.17) is 4.74 Å². The minimum Gasteiger partial charge on any atom is -0.459 e. The van der Waals surface area contributed by atoms with Crippen LogP contribution in [0, 0.1) is 5.92 Å². The Balaban J connectivity index is 1.95. The fraction of sp³-hybridized carbons (Fsp3) is 0.800. The molecule has 1 fully saturated rings. The molecule has 0 spiro atoms. The lowest BCUT2D eigenvalue weighted by atomic mass is 9.85. The molecule has 2 heterocycles. The van der Waals surface area contributed by atoms with Crippen molar-refractivity contribution < 1.29 is 19.7 Å². The standard InChI is InChI=1S/C15H25NO4/c1-10(2)15(19,11(3)17)14(18)20-9-12-6-8-16-7-4-5-13(12)16/h6,10-11,13,17,19H,4-5,7-9H2,1-3H3/t11-,13+,15?/m0/s1. The molecule has 2 aliphatic rings. The molecule has 1 unspecified atom stereocenters. The molecule has 2 N–H and O–H groups in total. The van der Waals surface area contributed by atoms with Gasteiger partial charge in [0, 0.05) is 12.6 Å². The van der Waals surface area contributed by atoms with Crippen LogP contribution in [0.1, 0.15) is 33.6 Å². The molecule has 0 amide bonds. The quantitative estimate of drug-likeness (QED) is 0.574. The van der Waals surface area contributed by atoms with Crippen LogP contribution in [0.2, 0.25) is 0 Å². The monoisotopic (exact) mass is 283 g/mol. The van der Waals surface area contributed by atoms with Crippen LogP contribution in [0.5, 0.6) is 0 Å². The van der Waals surface area contributed by atoms with Crippen LogP contribution in [-0.4, -0.2) is 58.5 Å². The number of nitrogens with zero attached hydrogens (tertiary/aromatic N) is 1. The van der Waals surface area contributed by atoms with E-state index in [0.717, 1.165) is 25.1 Å². The van der Waals surface area contributed by atoms with Crippen molar-refractivity contribution in [2.45, 2.75) is 51.4 Å². The molecule has 0 radical (unpaired) electrons. The fourth-order valence-corrected chi connectivity index (χ4v) is 3.14. The minimum absolute atomic E-state index is 0.210. The summed E-state index contributed by atoms with van der Waals surface area (Å²) in [6.07, 6.45) is 3.23. The first-order valence-electron chi connectivity index (χ1n) is 7.38. The Bertz CT molecular complexity index is 395. The highest BCUT2D eigenvalue weighted by Crippen LogP contribution is 2.29. The van der Waals surface area contributed by atoms with Gasteiger partial charge in [0.05, 0.1) is 6.10 Å². The van der Waals surface area contributed by atoms with E-state index in [-0.39, 0.29) is 6.61 Å². The average molecular weight is 283 g/mol. The van der Waals surface area contributed by atoms with Crippen LogP contribution >= 0.6 is 0 Å². The topological polar surface area (TPSA) is 70.0 Å². The molecule has 0 aromatic carbocycles. The Kier molecular flexibility index (Phi) is 4.52. The summed E-state index contributed by atoms with van der Waals surface area (Å²) in [6, 6.07) is 0.390. The molecule has 2 aliphatic heterocycles. The maximum Gasteiger partial charge on any atom is 0.341 e. The van der Waals surface area contributed by atoms with Crippen molar-refractivity contribution in [2.75, 3.05) is 19.7 Å². The van der Waals surface area contributed by atoms with Crippen LogP contribution in [-0.2, 0) is 9.53 Å². The van der Waals surface area contributed by atoms with Gasteiger partial charge in [-0.25, -0.2) is 4.79 Å². The number of aliphatic hydroxyl groups excluding tert-OH is 1. The number of carbonyl (C=O) groups excluding carboxylic acids is 1. The Hall–Kier alpha value is -0.910. The van der Waals surface area contributed by atoms with Gasteiger partial charge in [0.1, 0.15) is 6.61 Å². The lowest BCUT2D eigenvalue weighted by Crippen LogP contribution is -2.53. The van der Waals surface area contributed by atoms with Gasteiger partial charge in [0.25, 0.3) is 0 Å². The van der Waals surface area contributed by atoms with E-state index in [1.165, 1.54) is 13.3 Å². The number of hydrogen-bond donors (Lipinski definition) is 2. The number of fused-ring (bicyclic) bond motifs is 1. The van der Waals surface area contributed by atoms with E-state index in [1.807, 2.05) is 0 Å². The molecule has 114 valence electrons. The van der Waals surface area contributed by atoms with Crippen molar-refractivity contribution in [3.05, 3.63) is 11.6 Å². The average Bonchev–Trinajstić information content (AvgIpc) is 2.97. The summed E-state index contributed by atoms with van der Waals surface area (Å²) < 4.78 is 5.28. The van der Waals surface area contributed by atoms with Gasteiger partial charge in [0.2, 0.25) is 0 Å². The first-order valence-corrected chi connectivity index (χ1v) is 7.38. The third-order valence-corrected chi connectivity index (χ3v) is 4.59. The molecular formula is C15H25NO4. The van der Waals surface area contributed by atoms with Crippen molar-refractivity contribution in [1.82, 2.24) is 4.90 Å². The third-order valence-electron chi connectivity index (χ3n) is 4.59. The molecule has 2 rings (SSSR count). The molecule has 0 bridgehead atoms. The summed E-state index contributed by atoms with van der Waals surface area (Å²) in [6.45, 7) is 7.03. The summed E-state index contributed by atoms with van der Waals surface area (Å²) in [5.41, 5.74) is -0.721. The van der Waals surface area contributed by atoms with Gasteiger partial charge >= 0.3 is 5.97 Å². The van der Waals surface area contributed by atoms with E-state index in [0.29, 0.717) is 6.04 Å². The highest BCUT2D eigenvalue weighted by molar-refractivity contribution is 5.80. The second-order valence-corrected chi connectivity index (χ2v) is 6.16. The third kappa shape index (κ3) is 2.62. The number of rotatable bonds is 5. The van der Waals surface area contributed by atoms with Crippen molar-refractivity contribution >= 4 is 5.97 Å². The van der Waals surface area contributed by atoms with Crippen LogP contribution in [0.4, 0.5) is 0 Å². The van der Waals surface area contributed by atoms with Gasteiger partial charge in [-0.15, -0.1) is 0 Å². The van der Waals surface area contributed by atoms with Crippen LogP contribution in [0.25, 0.3) is 0 Å². The summed E-state index contributed by atoms with van der Waals surface area (Å²) in [5.74, 6) is -1.14. The fourth-order valence-electron chi connectivity index (χ4n) is 3.14. The minimum atomic E-state index is -1.84. The van der Waals surface area contributed by atoms with E-state index in [2.05, 4.69) is 11.0 Å². The molecule has 1 saturated heterocycles. The van der Waals surface area contributed by atoms with E-state index in [1.54, 1.807) is 13.8 Å². The van der Waals surface area contributed by atoms with Gasteiger partial charge in [-0.2, -0.15) is 0 Å². The Morgan fingerprint density at radius 3 is 2.85 bits per heavy atom. The van der Waals surface area contributed by atoms with Crippen LogP contribution in [0.15, 0.2) is 11.6 Å². The van der Waals surface area contributed by atoms with Crippen molar-refractivity contribution in [3.8, 4) is 0 Å². The molecule has 20 heavy (non-hydrogen) atoms. The predicted octanol–water partition coefficient (Wildman–Crippen LogP) is 0.702. The molecular weight excluding hydrogens is 258 g/mol. The van der Waals surface area contributed by atoms with Gasteiger partial charge < -0.3 is 14.9 Å². The van der Waals surface area contributed by atoms with Gasteiger partial charge in [-0.05, 0) is 37.8 Å². The van der Waals surface area contributed by atoms with E-state index >= 15 is 0 Å². The summed E-state index contributed by atoms with van der Waals surface area (Å²) >= 11 is 0. The first kappa shape index (κ1) is 15.5. The van der Waals surface area contributed by atoms with Gasteiger partial charge in [-0.3, -0.25) is 4.90 Å². The number of carbonyl (C=O) groups is 1. The van der Waals surface area contributed by atoms with Gasteiger partial charge in [-0.1, -0.05) is 19.9 Å². The van der Waals surface area contributed by atoms with E-state index in [9.17, 15) is 15.0 Å².